The van der Waals surface area contributed by atoms with E-state index in [2.05, 4.69) is 16.6 Å². The van der Waals surface area contributed by atoms with Crippen molar-refractivity contribution in [2.75, 3.05) is 6.61 Å². The number of hydrogen-bond acceptors (Lipinski definition) is 5. The van der Waals surface area contributed by atoms with Crippen molar-refractivity contribution in [2.24, 2.45) is 5.10 Å². The van der Waals surface area contributed by atoms with Crippen LogP contribution in [-0.4, -0.2) is 18.7 Å². The summed E-state index contributed by atoms with van der Waals surface area (Å²) in [6.45, 7) is 4.02. The number of carbonyl (C=O) groups excluding carboxylic acids is 1. The van der Waals surface area contributed by atoms with Crippen LogP contribution in [0.2, 0.25) is 0 Å². The SMILES string of the molecule is CCOc1cc(/C=N\NC(C)=O)ccc1OCc1ccccc1C#N. The minimum atomic E-state index is -0.239. The number of nitriles is 1. The van der Waals surface area contributed by atoms with Crippen LogP contribution in [0.1, 0.15) is 30.5 Å². The van der Waals surface area contributed by atoms with Crippen LogP contribution >= 0.6 is 0 Å². The van der Waals surface area contributed by atoms with Gasteiger partial charge in [-0.3, -0.25) is 4.79 Å². The highest BCUT2D eigenvalue weighted by Crippen LogP contribution is 2.29. The molecule has 6 heteroatoms. The highest BCUT2D eigenvalue weighted by atomic mass is 16.5. The molecule has 0 bridgehead atoms. The van der Waals surface area contributed by atoms with Gasteiger partial charge in [0, 0.05) is 12.5 Å². The van der Waals surface area contributed by atoms with E-state index in [1.54, 1.807) is 24.3 Å². The predicted molar refractivity (Wildman–Crippen MR) is 94.5 cm³/mol. The molecule has 6 nitrogen and oxygen atoms in total. The van der Waals surface area contributed by atoms with E-state index in [0.717, 1.165) is 11.1 Å². The van der Waals surface area contributed by atoms with Gasteiger partial charge in [0.25, 0.3) is 0 Å². The van der Waals surface area contributed by atoms with E-state index in [4.69, 9.17) is 14.7 Å². The number of nitrogens with one attached hydrogen (secondary N) is 1. The molecule has 25 heavy (non-hydrogen) atoms. The van der Waals surface area contributed by atoms with Crippen molar-refractivity contribution in [1.29, 1.82) is 5.26 Å². The van der Waals surface area contributed by atoms with Crippen molar-refractivity contribution >= 4 is 12.1 Å². The molecule has 0 aliphatic rings. The van der Waals surface area contributed by atoms with E-state index < -0.39 is 0 Å². The molecule has 0 saturated carbocycles. The summed E-state index contributed by atoms with van der Waals surface area (Å²) < 4.78 is 11.4. The van der Waals surface area contributed by atoms with Crippen LogP contribution < -0.4 is 14.9 Å². The summed E-state index contributed by atoms with van der Waals surface area (Å²) in [5.74, 6) is 0.910. The normalized spacial score (nSPS) is 10.3. The van der Waals surface area contributed by atoms with Gasteiger partial charge in [0.05, 0.1) is 24.5 Å². The lowest BCUT2D eigenvalue weighted by molar-refractivity contribution is -0.118. The Balaban J connectivity index is 2.15. The van der Waals surface area contributed by atoms with E-state index >= 15 is 0 Å². The maximum atomic E-state index is 10.8. The third-order valence-corrected chi connectivity index (χ3v) is 3.22. The topological polar surface area (TPSA) is 83.7 Å². The Hall–Kier alpha value is -3.33. The Morgan fingerprint density at radius 1 is 1.24 bits per heavy atom. The molecule has 0 atom stereocenters. The fourth-order valence-corrected chi connectivity index (χ4v) is 2.10. The van der Waals surface area contributed by atoms with Gasteiger partial charge in [-0.25, -0.2) is 5.43 Å². The quantitative estimate of drug-likeness (QED) is 0.622. The first-order chi connectivity index (χ1) is 12.1. The molecule has 0 fully saturated rings. The maximum absolute atomic E-state index is 10.8. The molecule has 0 aliphatic carbocycles. The third kappa shape index (κ3) is 5.36. The first-order valence-corrected chi connectivity index (χ1v) is 7.81. The number of ether oxygens (including phenoxy) is 2. The standard InChI is InChI=1S/C19H19N3O3/c1-3-24-19-10-15(12-21-22-14(2)23)8-9-18(19)25-13-17-7-5-4-6-16(17)11-20/h4-10,12H,3,13H2,1-2H3,(H,22,23)/b21-12-. The van der Waals surface area contributed by atoms with E-state index in [1.807, 2.05) is 25.1 Å². The molecule has 0 spiro atoms. The molecule has 1 N–H and O–H groups in total. The first kappa shape index (κ1) is 18.0. The van der Waals surface area contributed by atoms with Gasteiger partial charge in [0.15, 0.2) is 11.5 Å². The summed E-state index contributed by atoms with van der Waals surface area (Å²) in [6, 6.07) is 14.8. The summed E-state index contributed by atoms with van der Waals surface area (Å²) in [4.78, 5) is 10.8. The van der Waals surface area contributed by atoms with Crippen LogP contribution in [0, 0.1) is 11.3 Å². The number of hydrazone groups is 1. The number of benzene rings is 2. The van der Waals surface area contributed by atoms with E-state index in [0.29, 0.717) is 23.7 Å². The summed E-state index contributed by atoms with van der Waals surface area (Å²) in [7, 11) is 0. The van der Waals surface area contributed by atoms with Crippen molar-refractivity contribution in [3.8, 4) is 17.6 Å². The highest BCUT2D eigenvalue weighted by molar-refractivity contribution is 5.82. The molecule has 2 aromatic rings. The Kier molecular flexibility index (Phi) is 6.55. The summed E-state index contributed by atoms with van der Waals surface area (Å²) >= 11 is 0. The zero-order chi connectivity index (χ0) is 18.1. The molecule has 2 aromatic carbocycles. The molecular formula is C19H19N3O3. The molecule has 2 rings (SSSR count). The van der Waals surface area contributed by atoms with Crippen molar-refractivity contribution in [1.82, 2.24) is 5.43 Å². The zero-order valence-electron chi connectivity index (χ0n) is 14.2. The highest BCUT2D eigenvalue weighted by Gasteiger charge is 2.08. The Morgan fingerprint density at radius 2 is 2.04 bits per heavy atom. The second-order valence-corrected chi connectivity index (χ2v) is 5.12. The number of amides is 1. The van der Waals surface area contributed by atoms with Crippen LogP contribution in [-0.2, 0) is 11.4 Å². The lowest BCUT2D eigenvalue weighted by Gasteiger charge is -2.13. The van der Waals surface area contributed by atoms with Crippen LogP contribution in [0.25, 0.3) is 0 Å². The van der Waals surface area contributed by atoms with Gasteiger partial charge in [0.2, 0.25) is 5.91 Å². The minimum Gasteiger partial charge on any atom is -0.490 e. The maximum Gasteiger partial charge on any atom is 0.236 e. The number of nitrogens with zero attached hydrogens (tertiary/aromatic N) is 2. The molecule has 0 heterocycles. The monoisotopic (exact) mass is 337 g/mol. The lowest BCUT2D eigenvalue weighted by Crippen LogP contribution is -2.12. The van der Waals surface area contributed by atoms with Gasteiger partial charge >= 0.3 is 0 Å². The third-order valence-electron chi connectivity index (χ3n) is 3.22. The Bertz CT molecular complexity index is 810. The molecule has 1 amide bonds. The molecule has 128 valence electrons. The van der Waals surface area contributed by atoms with Crippen LogP contribution in [0.5, 0.6) is 11.5 Å². The van der Waals surface area contributed by atoms with Crippen LogP contribution in [0.4, 0.5) is 0 Å². The average Bonchev–Trinajstić information content (AvgIpc) is 2.61. The molecule has 0 radical (unpaired) electrons. The Morgan fingerprint density at radius 3 is 2.76 bits per heavy atom. The van der Waals surface area contributed by atoms with Gasteiger partial charge in [-0.05, 0) is 36.8 Å². The van der Waals surface area contributed by atoms with Gasteiger partial charge in [-0.15, -0.1) is 0 Å². The van der Waals surface area contributed by atoms with Gasteiger partial charge < -0.3 is 9.47 Å². The van der Waals surface area contributed by atoms with Crippen molar-refractivity contribution in [2.45, 2.75) is 20.5 Å². The van der Waals surface area contributed by atoms with Crippen molar-refractivity contribution < 1.29 is 14.3 Å². The molecule has 0 unspecified atom stereocenters. The summed E-state index contributed by atoms with van der Waals surface area (Å²) in [5, 5.41) is 13.0. The van der Waals surface area contributed by atoms with E-state index in [1.165, 1.54) is 13.1 Å². The second-order valence-electron chi connectivity index (χ2n) is 5.12. The number of rotatable bonds is 7. The Labute approximate surface area is 146 Å². The van der Waals surface area contributed by atoms with Gasteiger partial charge in [0.1, 0.15) is 6.61 Å². The zero-order valence-corrected chi connectivity index (χ0v) is 14.2. The van der Waals surface area contributed by atoms with Crippen LogP contribution in [0.15, 0.2) is 47.6 Å². The lowest BCUT2D eigenvalue weighted by atomic mass is 10.1. The molecule has 0 aromatic heterocycles. The van der Waals surface area contributed by atoms with Crippen molar-refractivity contribution in [3.05, 3.63) is 59.2 Å². The van der Waals surface area contributed by atoms with E-state index in [-0.39, 0.29) is 12.5 Å². The number of carbonyl (C=O) groups is 1. The van der Waals surface area contributed by atoms with Gasteiger partial charge in [-0.1, -0.05) is 18.2 Å². The van der Waals surface area contributed by atoms with Crippen molar-refractivity contribution in [3.63, 3.8) is 0 Å². The molecule has 0 saturated heterocycles. The summed E-state index contributed by atoms with van der Waals surface area (Å²) in [5.41, 5.74) is 4.50. The fourth-order valence-electron chi connectivity index (χ4n) is 2.10. The van der Waals surface area contributed by atoms with E-state index in [9.17, 15) is 4.79 Å². The van der Waals surface area contributed by atoms with Crippen LogP contribution in [0.3, 0.4) is 0 Å². The fraction of sp³-hybridized carbons (Fsp3) is 0.211. The van der Waals surface area contributed by atoms with Gasteiger partial charge in [-0.2, -0.15) is 10.4 Å². The number of hydrogen-bond donors (Lipinski definition) is 1. The smallest absolute Gasteiger partial charge is 0.236 e. The first-order valence-electron chi connectivity index (χ1n) is 7.81. The minimum absolute atomic E-state index is 0.239. The molecule has 0 aliphatic heterocycles. The largest absolute Gasteiger partial charge is 0.490 e. The second kappa shape index (κ2) is 9.08. The predicted octanol–water partition coefficient (Wildman–Crippen LogP) is 3.01. The molecular weight excluding hydrogens is 318 g/mol. The summed E-state index contributed by atoms with van der Waals surface area (Å²) in [6.07, 6.45) is 1.53. The average molecular weight is 337 g/mol.